The molecule has 0 heterocycles. The van der Waals surface area contributed by atoms with E-state index in [0.717, 1.165) is 12.5 Å². The summed E-state index contributed by atoms with van der Waals surface area (Å²) >= 11 is 0. The molecule has 0 aromatic carbocycles. The van der Waals surface area contributed by atoms with Crippen molar-refractivity contribution in [3.63, 3.8) is 0 Å². The van der Waals surface area contributed by atoms with E-state index in [-0.39, 0.29) is 0 Å². The molecule has 0 unspecified atom stereocenters. The van der Waals surface area contributed by atoms with E-state index in [1.807, 2.05) is 0 Å². The molecule has 2 nitrogen and oxygen atoms in total. The summed E-state index contributed by atoms with van der Waals surface area (Å²) in [6.07, 6.45) is 1.15. The third-order valence-corrected chi connectivity index (χ3v) is 2.73. The summed E-state index contributed by atoms with van der Waals surface area (Å²) in [7, 11) is 2.53. The van der Waals surface area contributed by atoms with Crippen LogP contribution in [0.15, 0.2) is 0 Å². The second-order valence-electron chi connectivity index (χ2n) is 1.53. The van der Waals surface area contributed by atoms with Crippen LogP contribution in [0.25, 0.3) is 0 Å². The van der Waals surface area contributed by atoms with Crippen LogP contribution in [-0.2, 0) is 8.85 Å². The zero-order valence-corrected chi connectivity index (χ0v) is 6.73. The quantitative estimate of drug-likeness (QED) is 0.536. The Bertz CT molecular complexity index is 45.7. The summed E-state index contributed by atoms with van der Waals surface area (Å²) < 4.78 is 10.0. The zero-order chi connectivity index (χ0) is 6.41. The van der Waals surface area contributed by atoms with E-state index in [1.54, 1.807) is 14.2 Å². The van der Waals surface area contributed by atoms with E-state index in [4.69, 9.17) is 8.85 Å². The highest BCUT2D eigenvalue weighted by Gasteiger charge is 1.87. The molecule has 0 aliphatic rings. The van der Waals surface area contributed by atoms with E-state index in [9.17, 15) is 0 Å². The summed E-state index contributed by atoms with van der Waals surface area (Å²) in [5.74, 6) is 0. The fourth-order valence-corrected chi connectivity index (χ4v) is 1.47. The Morgan fingerprint density at radius 3 is 1.88 bits per heavy atom. The van der Waals surface area contributed by atoms with Crippen molar-refractivity contribution in [3.05, 3.63) is 0 Å². The number of rotatable bonds is 4. The third kappa shape index (κ3) is 3.18. The molecule has 0 aliphatic heterocycles. The standard InChI is InChI=1S/C5H13O2Si/c1-4-5-8(6-2)7-3/h4-5H2,1-3H3/q-1. The van der Waals surface area contributed by atoms with Gasteiger partial charge in [0.25, 0.3) is 0 Å². The normalized spacial score (nSPS) is 10.5. The average Bonchev–Trinajstić information content (AvgIpc) is 1.83. The fraction of sp³-hybridized carbons (Fsp3) is 1.00. The van der Waals surface area contributed by atoms with Crippen molar-refractivity contribution in [2.45, 2.75) is 19.4 Å². The Kier molecular flexibility index (Phi) is 5.37. The van der Waals surface area contributed by atoms with Gasteiger partial charge in [0.05, 0.1) is 0 Å². The molecule has 0 atom stereocenters. The monoisotopic (exact) mass is 133 g/mol. The molecule has 8 heavy (non-hydrogen) atoms. The first-order valence-corrected chi connectivity index (χ1v) is 4.31. The van der Waals surface area contributed by atoms with Gasteiger partial charge in [-0.3, -0.25) is 0 Å². The molecular formula is C5H13O2Si-. The molecule has 0 N–H and O–H groups in total. The van der Waals surface area contributed by atoms with Crippen LogP contribution in [0.1, 0.15) is 13.3 Å². The van der Waals surface area contributed by atoms with Crippen LogP contribution in [0.5, 0.6) is 0 Å². The predicted molar refractivity (Wildman–Crippen MR) is 34.9 cm³/mol. The first-order chi connectivity index (χ1) is 3.85. The van der Waals surface area contributed by atoms with Crippen molar-refractivity contribution < 1.29 is 8.85 Å². The molecule has 0 amide bonds. The molecule has 0 radical (unpaired) electrons. The molecule has 0 fully saturated rings. The summed E-state index contributed by atoms with van der Waals surface area (Å²) in [6.45, 7) is 2.13. The van der Waals surface area contributed by atoms with Crippen molar-refractivity contribution in [3.8, 4) is 0 Å². The Hall–Kier alpha value is 0.137. The van der Waals surface area contributed by atoms with Crippen LogP contribution in [0.2, 0.25) is 6.04 Å². The maximum atomic E-state index is 5.02. The van der Waals surface area contributed by atoms with Gasteiger partial charge >= 0.3 is 0 Å². The van der Waals surface area contributed by atoms with Crippen LogP contribution in [0.3, 0.4) is 0 Å². The van der Waals surface area contributed by atoms with Gasteiger partial charge in [-0.2, -0.15) is 0 Å². The van der Waals surface area contributed by atoms with E-state index in [1.165, 1.54) is 0 Å². The van der Waals surface area contributed by atoms with Gasteiger partial charge in [0.15, 0.2) is 0 Å². The van der Waals surface area contributed by atoms with E-state index < -0.39 is 9.28 Å². The molecule has 0 saturated heterocycles. The van der Waals surface area contributed by atoms with Gasteiger partial charge in [-0.05, 0) is 14.2 Å². The maximum Gasteiger partial charge on any atom is 0.0369 e. The largest absolute Gasteiger partial charge is 0.565 e. The minimum Gasteiger partial charge on any atom is -0.565 e. The summed E-state index contributed by atoms with van der Waals surface area (Å²) in [5.41, 5.74) is 0. The molecule has 50 valence electrons. The second kappa shape index (κ2) is 5.28. The molecule has 0 aromatic heterocycles. The maximum absolute atomic E-state index is 5.02. The van der Waals surface area contributed by atoms with Crippen molar-refractivity contribution in [1.29, 1.82) is 0 Å². The van der Waals surface area contributed by atoms with E-state index in [2.05, 4.69) is 6.92 Å². The zero-order valence-electron chi connectivity index (χ0n) is 5.73. The Balaban J connectivity index is 3.07. The highest BCUT2D eigenvalue weighted by molar-refractivity contribution is 6.44. The molecule has 0 saturated carbocycles. The third-order valence-electron chi connectivity index (χ3n) is 0.909. The van der Waals surface area contributed by atoms with Gasteiger partial charge in [-0.15, -0.1) is 6.04 Å². The van der Waals surface area contributed by atoms with Crippen molar-refractivity contribution >= 4 is 9.28 Å². The SMILES string of the molecule is CCC[Si-](OC)OC. The highest BCUT2D eigenvalue weighted by atomic mass is 28.3. The molecule has 3 heteroatoms. The average molecular weight is 133 g/mol. The van der Waals surface area contributed by atoms with E-state index in [0.29, 0.717) is 0 Å². The number of hydrogen-bond acceptors (Lipinski definition) is 2. The van der Waals surface area contributed by atoms with Gasteiger partial charge in [-0.25, -0.2) is 0 Å². The second-order valence-corrected chi connectivity index (χ2v) is 3.59. The lowest BCUT2D eigenvalue weighted by molar-refractivity contribution is 0.277. The van der Waals surface area contributed by atoms with Crippen LogP contribution in [0, 0.1) is 0 Å². The van der Waals surface area contributed by atoms with Crippen LogP contribution in [-0.4, -0.2) is 23.5 Å². The molecular weight excluding hydrogens is 120 g/mol. The fourth-order valence-electron chi connectivity index (χ4n) is 0.492. The Labute approximate surface area is 52.7 Å². The predicted octanol–water partition coefficient (Wildman–Crippen LogP) is 1.18. The summed E-state index contributed by atoms with van der Waals surface area (Å²) in [6, 6.07) is 1.08. The van der Waals surface area contributed by atoms with Gasteiger partial charge in [0.1, 0.15) is 0 Å². The summed E-state index contributed by atoms with van der Waals surface area (Å²) in [5, 5.41) is 0. The lowest BCUT2D eigenvalue weighted by Crippen LogP contribution is -2.17. The Morgan fingerprint density at radius 1 is 1.25 bits per heavy atom. The number of hydrogen-bond donors (Lipinski definition) is 0. The van der Waals surface area contributed by atoms with Gasteiger partial charge in [0.2, 0.25) is 0 Å². The summed E-state index contributed by atoms with van der Waals surface area (Å²) in [4.78, 5) is 0. The lowest BCUT2D eigenvalue weighted by Gasteiger charge is -2.24. The topological polar surface area (TPSA) is 18.5 Å². The molecule has 0 aromatic rings. The van der Waals surface area contributed by atoms with Crippen molar-refractivity contribution in [2.75, 3.05) is 14.2 Å². The van der Waals surface area contributed by atoms with E-state index >= 15 is 0 Å². The first kappa shape index (κ1) is 8.14. The van der Waals surface area contributed by atoms with Crippen molar-refractivity contribution in [1.82, 2.24) is 0 Å². The minimum absolute atomic E-state index is 0.874. The molecule has 0 aliphatic carbocycles. The highest BCUT2D eigenvalue weighted by Crippen LogP contribution is 1.96. The van der Waals surface area contributed by atoms with Crippen LogP contribution < -0.4 is 0 Å². The molecule has 0 bridgehead atoms. The first-order valence-electron chi connectivity index (χ1n) is 2.79. The van der Waals surface area contributed by atoms with Gasteiger partial charge in [0, 0.05) is 9.28 Å². The minimum atomic E-state index is -0.874. The van der Waals surface area contributed by atoms with Gasteiger partial charge in [-0.1, -0.05) is 13.3 Å². The molecule has 0 spiro atoms. The Morgan fingerprint density at radius 2 is 1.75 bits per heavy atom. The van der Waals surface area contributed by atoms with Gasteiger partial charge < -0.3 is 8.85 Å². The van der Waals surface area contributed by atoms with Crippen molar-refractivity contribution in [2.24, 2.45) is 0 Å². The lowest BCUT2D eigenvalue weighted by atomic mass is 10.6. The van der Waals surface area contributed by atoms with Crippen LogP contribution in [0.4, 0.5) is 0 Å². The molecule has 0 rings (SSSR count). The van der Waals surface area contributed by atoms with Crippen LogP contribution >= 0.6 is 0 Å². The smallest absolute Gasteiger partial charge is 0.0369 e.